The van der Waals surface area contributed by atoms with E-state index in [0.29, 0.717) is 5.56 Å². The zero-order valence-corrected chi connectivity index (χ0v) is 11.6. The molecule has 0 fully saturated rings. The van der Waals surface area contributed by atoms with Gasteiger partial charge in [-0.15, -0.1) is 0 Å². The highest BCUT2D eigenvalue weighted by Gasteiger charge is 2.14. The van der Waals surface area contributed by atoms with E-state index < -0.39 is 5.97 Å². The Morgan fingerprint density at radius 3 is 2.26 bits per heavy atom. The first-order valence-corrected chi connectivity index (χ1v) is 5.78. The Hall–Kier alpha value is -2.30. The fourth-order valence-corrected chi connectivity index (χ4v) is 1.40. The molecule has 1 amide bonds. The lowest BCUT2D eigenvalue weighted by atomic mass is 10.1. The highest BCUT2D eigenvalue weighted by Crippen LogP contribution is 2.04. The molecule has 0 aliphatic heterocycles. The number of esters is 1. The lowest BCUT2D eigenvalue weighted by Gasteiger charge is -2.11. The van der Waals surface area contributed by atoms with Gasteiger partial charge in [0.25, 0.3) is 5.91 Å². The minimum atomic E-state index is -0.589. The molecule has 19 heavy (non-hydrogen) atoms. The fourth-order valence-electron chi connectivity index (χ4n) is 1.40. The van der Waals surface area contributed by atoms with Gasteiger partial charge in [-0.2, -0.15) is 0 Å². The van der Waals surface area contributed by atoms with Gasteiger partial charge in [-0.25, -0.2) is 4.79 Å². The third-order valence-electron chi connectivity index (χ3n) is 2.35. The molecule has 5 heteroatoms. The second-order valence-corrected chi connectivity index (χ2v) is 4.32. The van der Waals surface area contributed by atoms with Crippen molar-refractivity contribution in [3.8, 4) is 0 Å². The number of amides is 1. The monoisotopic (exact) mass is 262 g/mol. The minimum Gasteiger partial charge on any atom is -0.464 e. The first-order valence-electron chi connectivity index (χ1n) is 5.78. The summed E-state index contributed by atoms with van der Waals surface area (Å²) in [7, 11) is 4.77. The number of aryl methyl sites for hydroxylation is 1. The maximum Gasteiger partial charge on any atom is 0.356 e. The summed E-state index contributed by atoms with van der Waals surface area (Å²) in [5.41, 5.74) is 1.64. The van der Waals surface area contributed by atoms with E-state index in [1.807, 2.05) is 19.1 Å². The molecule has 0 bridgehead atoms. The van der Waals surface area contributed by atoms with Gasteiger partial charge < -0.3 is 15.0 Å². The van der Waals surface area contributed by atoms with Crippen LogP contribution in [-0.2, 0) is 9.53 Å². The summed E-state index contributed by atoms with van der Waals surface area (Å²) in [5.74, 6) is -0.937. The van der Waals surface area contributed by atoms with Crippen molar-refractivity contribution >= 4 is 11.9 Å². The molecule has 0 aliphatic rings. The van der Waals surface area contributed by atoms with Crippen molar-refractivity contribution in [3.63, 3.8) is 0 Å². The van der Waals surface area contributed by atoms with Crippen LogP contribution in [0.4, 0.5) is 0 Å². The zero-order chi connectivity index (χ0) is 14.4. The van der Waals surface area contributed by atoms with Gasteiger partial charge in [0.05, 0.1) is 7.11 Å². The van der Waals surface area contributed by atoms with E-state index in [-0.39, 0.29) is 11.6 Å². The summed E-state index contributed by atoms with van der Waals surface area (Å²) in [6.45, 7) is 1.94. The SMILES string of the molecule is COC(=O)/C(=C\N(C)C)NC(=O)c1ccc(C)cc1. The average Bonchev–Trinajstić information content (AvgIpc) is 2.37. The largest absolute Gasteiger partial charge is 0.464 e. The van der Waals surface area contributed by atoms with Crippen molar-refractivity contribution in [1.29, 1.82) is 0 Å². The lowest BCUT2D eigenvalue weighted by molar-refractivity contribution is -0.136. The van der Waals surface area contributed by atoms with Crippen LogP contribution in [0.2, 0.25) is 0 Å². The summed E-state index contributed by atoms with van der Waals surface area (Å²) in [6.07, 6.45) is 1.50. The molecule has 0 spiro atoms. The van der Waals surface area contributed by atoms with Crippen molar-refractivity contribution < 1.29 is 14.3 Å². The molecule has 0 heterocycles. The molecule has 1 aromatic rings. The maximum atomic E-state index is 12.0. The van der Waals surface area contributed by atoms with Crippen LogP contribution in [0.1, 0.15) is 15.9 Å². The van der Waals surface area contributed by atoms with E-state index >= 15 is 0 Å². The van der Waals surface area contributed by atoms with Gasteiger partial charge in [-0.05, 0) is 19.1 Å². The zero-order valence-electron chi connectivity index (χ0n) is 11.6. The molecule has 0 aromatic heterocycles. The van der Waals surface area contributed by atoms with Gasteiger partial charge in [-0.1, -0.05) is 17.7 Å². The average molecular weight is 262 g/mol. The molecule has 0 atom stereocenters. The highest BCUT2D eigenvalue weighted by molar-refractivity contribution is 6.01. The number of rotatable bonds is 4. The van der Waals surface area contributed by atoms with Crippen LogP contribution in [0.15, 0.2) is 36.2 Å². The van der Waals surface area contributed by atoms with Gasteiger partial charge in [0.15, 0.2) is 0 Å². The number of nitrogens with one attached hydrogen (secondary N) is 1. The number of nitrogens with zero attached hydrogens (tertiary/aromatic N) is 1. The number of carbonyl (C=O) groups excluding carboxylic acids is 2. The minimum absolute atomic E-state index is 0.0954. The van der Waals surface area contributed by atoms with E-state index in [0.717, 1.165) is 5.56 Å². The van der Waals surface area contributed by atoms with Crippen molar-refractivity contribution in [3.05, 3.63) is 47.3 Å². The predicted octanol–water partition coefficient (Wildman–Crippen LogP) is 1.30. The van der Waals surface area contributed by atoms with Crippen LogP contribution in [0.3, 0.4) is 0 Å². The Morgan fingerprint density at radius 2 is 1.79 bits per heavy atom. The van der Waals surface area contributed by atoms with Crippen molar-refractivity contribution in [1.82, 2.24) is 10.2 Å². The normalized spacial score (nSPS) is 10.8. The summed E-state index contributed by atoms with van der Waals surface area (Å²) < 4.78 is 4.62. The number of methoxy groups -OCH3 is 1. The van der Waals surface area contributed by atoms with Crippen LogP contribution in [0.25, 0.3) is 0 Å². The first kappa shape index (κ1) is 14.8. The highest BCUT2D eigenvalue weighted by atomic mass is 16.5. The Balaban J connectivity index is 2.88. The fraction of sp³-hybridized carbons (Fsp3) is 0.286. The smallest absolute Gasteiger partial charge is 0.356 e. The molecule has 102 valence electrons. The molecule has 1 N–H and O–H groups in total. The predicted molar refractivity (Wildman–Crippen MR) is 72.4 cm³/mol. The number of benzene rings is 1. The van der Waals surface area contributed by atoms with Gasteiger partial charge >= 0.3 is 5.97 Å². The molecule has 0 saturated carbocycles. The topological polar surface area (TPSA) is 58.6 Å². The van der Waals surface area contributed by atoms with Gasteiger partial charge in [-0.3, -0.25) is 4.79 Å². The second kappa shape index (κ2) is 6.58. The van der Waals surface area contributed by atoms with Crippen LogP contribution in [0, 0.1) is 6.92 Å². The molecule has 5 nitrogen and oxygen atoms in total. The molecule has 1 rings (SSSR count). The summed E-state index contributed by atoms with van der Waals surface area (Å²) in [5, 5.41) is 2.54. The van der Waals surface area contributed by atoms with E-state index in [4.69, 9.17) is 0 Å². The van der Waals surface area contributed by atoms with Crippen molar-refractivity contribution in [2.24, 2.45) is 0 Å². The first-order chi connectivity index (χ1) is 8.93. The second-order valence-electron chi connectivity index (χ2n) is 4.32. The summed E-state index contributed by atoms with van der Waals surface area (Å²) in [4.78, 5) is 25.2. The molecule has 0 radical (unpaired) electrons. The van der Waals surface area contributed by atoms with Crippen LogP contribution < -0.4 is 5.32 Å². The number of hydrogen-bond donors (Lipinski definition) is 1. The Morgan fingerprint density at radius 1 is 1.21 bits per heavy atom. The molecule has 0 saturated heterocycles. The van der Waals surface area contributed by atoms with Crippen LogP contribution in [-0.4, -0.2) is 38.0 Å². The molecular formula is C14H18N2O3. The van der Waals surface area contributed by atoms with Gasteiger partial charge in [0.2, 0.25) is 0 Å². The van der Waals surface area contributed by atoms with Crippen LogP contribution >= 0.6 is 0 Å². The standard InChI is InChI=1S/C14H18N2O3/c1-10-5-7-11(8-6-10)13(17)15-12(9-16(2)3)14(18)19-4/h5-9H,1-4H3,(H,15,17)/b12-9+. The summed E-state index contributed by atoms with van der Waals surface area (Å²) >= 11 is 0. The number of carbonyl (C=O) groups is 2. The quantitative estimate of drug-likeness (QED) is 0.656. The van der Waals surface area contributed by atoms with Crippen molar-refractivity contribution in [2.75, 3.05) is 21.2 Å². The molecule has 1 aromatic carbocycles. The molecule has 0 aliphatic carbocycles. The summed E-state index contributed by atoms with van der Waals surface area (Å²) in [6, 6.07) is 7.08. The maximum absolute atomic E-state index is 12.0. The van der Waals surface area contributed by atoms with Crippen LogP contribution in [0.5, 0.6) is 0 Å². The molecule has 0 unspecified atom stereocenters. The third kappa shape index (κ3) is 4.46. The third-order valence-corrected chi connectivity index (χ3v) is 2.35. The van der Waals surface area contributed by atoms with Gasteiger partial charge in [0.1, 0.15) is 5.70 Å². The Kier molecular flexibility index (Phi) is 5.11. The lowest BCUT2D eigenvalue weighted by Crippen LogP contribution is -2.29. The number of hydrogen-bond acceptors (Lipinski definition) is 4. The molecular weight excluding hydrogens is 244 g/mol. The van der Waals surface area contributed by atoms with E-state index in [1.165, 1.54) is 13.3 Å². The van der Waals surface area contributed by atoms with E-state index in [2.05, 4.69) is 10.1 Å². The Bertz CT molecular complexity index is 490. The van der Waals surface area contributed by atoms with E-state index in [1.54, 1.807) is 31.1 Å². The van der Waals surface area contributed by atoms with Crippen molar-refractivity contribution in [2.45, 2.75) is 6.92 Å². The van der Waals surface area contributed by atoms with E-state index in [9.17, 15) is 9.59 Å². The number of ether oxygens (including phenoxy) is 1. The van der Waals surface area contributed by atoms with Gasteiger partial charge in [0, 0.05) is 25.9 Å². The Labute approximate surface area is 112 Å².